The minimum Gasteiger partial charge on any atom is -0.465 e. The first kappa shape index (κ1) is 19.1. The molecular formula is C18H24N2O4Si. The van der Waals surface area contributed by atoms with Crippen molar-refractivity contribution in [2.75, 3.05) is 13.7 Å². The van der Waals surface area contributed by atoms with Crippen LogP contribution in [0, 0.1) is 0 Å². The lowest BCUT2D eigenvalue weighted by Crippen LogP contribution is -2.26. The van der Waals surface area contributed by atoms with Gasteiger partial charge in [-0.15, -0.1) is 0 Å². The summed E-state index contributed by atoms with van der Waals surface area (Å²) in [6.07, 6.45) is 1.62. The molecule has 25 heavy (non-hydrogen) atoms. The molecule has 1 aromatic heterocycles. The largest absolute Gasteiger partial charge is 0.465 e. The molecule has 134 valence electrons. The summed E-state index contributed by atoms with van der Waals surface area (Å²) in [5.74, 6) is -0.393. The fourth-order valence-electron chi connectivity index (χ4n) is 2.13. The van der Waals surface area contributed by atoms with Crippen LogP contribution >= 0.6 is 0 Å². The van der Waals surface area contributed by atoms with Crippen molar-refractivity contribution in [1.29, 1.82) is 0 Å². The fraction of sp³-hybridized carbons (Fsp3) is 0.389. The number of ether oxygens (including phenoxy) is 2. The molecule has 0 bridgehead atoms. The van der Waals surface area contributed by atoms with Crippen LogP contribution in [0.15, 0.2) is 41.3 Å². The second-order valence-corrected chi connectivity index (χ2v) is 12.6. The monoisotopic (exact) mass is 360 g/mol. The smallest absolute Gasteiger partial charge is 0.337 e. The van der Waals surface area contributed by atoms with E-state index in [1.54, 1.807) is 30.5 Å². The molecule has 0 atom stereocenters. The molecule has 1 heterocycles. The van der Waals surface area contributed by atoms with Crippen molar-refractivity contribution in [3.63, 3.8) is 0 Å². The predicted octanol–water partition coefficient (Wildman–Crippen LogP) is 3.01. The summed E-state index contributed by atoms with van der Waals surface area (Å²) in [7, 11) is 0.195. The number of hydrogen-bond donors (Lipinski definition) is 0. The number of carbonyl (C=O) groups excluding carboxylic acids is 1. The molecule has 0 radical (unpaired) electrons. The molecule has 6 nitrogen and oxygen atoms in total. The molecule has 0 N–H and O–H groups in total. The van der Waals surface area contributed by atoms with Gasteiger partial charge in [0.25, 0.3) is 5.56 Å². The zero-order valence-corrected chi connectivity index (χ0v) is 16.1. The molecule has 0 saturated carbocycles. The maximum absolute atomic E-state index is 12.2. The number of esters is 1. The highest BCUT2D eigenvalue weighted by atomic mass is 28.3. The molecule has 0 spiro atoms. The predicted molar refractivity (Wildman–Crippen MR) is 99.4 cm³/mol. The van der Waals surface area contributed by atoms with Gasteiger partial charge >= 0.3 is 5.97 Å². The maximum atomic E-state index is 12.2. The zero-order valence-electron chi connectivity index (χ0n) is 15.1. The quantitative estimate of drug-likeness (QED) is 0.431. The first-order chi connectivity index (χ1) is 11.8. The van der Waals surface area contributed by atoms with Gasteiger partial charge in [0.05, 0.1) is 18.9 Å². The summed E-state index contributed by atoms with van der Waals surface area (Å²) in [5.41, 5.74) is 1.75. The first-order valence-electron chi connectivity index (χ1n) is 8.14. The molecule has 0 aliphatic heterocycles. The van der Waals surface area contributed by atoms with E-state index in [1.807, 2.05) is 0 Å². The minimum absolute atomic E-state index is 0.158. The molecule has 1 aromatic carbocycles. The molecule has 0 unspecified atom stereocenters. The number of rotatable bonds is 7. The van der Waals surface area contributed by atoms with Crippen LogP contribution in [0.25, 0.3) is 11.1 Å². The molecule has 0 amide bonds. The first-order valence-corrected chi connectivity index (χ1v) is 11.8. The molecular weight excluding hydrogens is 336 g/mol. The van der Waals surface area contributed by atoms with Crippen LogP contribution < -0.4 is 5.56 Å². The van der Waals surface area contributed by atoms with E-state index in [9.17, 15) is 9.59 Å². The topological polar surface area (TPSA) is 70.4 Å². The Labute approximate surface area is 148 Å². The number of benzene rings is 1. The van der Waals surface area contributed by atoms with Gasteiger partial charge in [-0.1, -0.05) is 31.8 Å². The molecule has 0 fully saturated rings. The summed E-state index contributed by atoms with van der Waals surface area (Å²) in [6, 6.07) is 9.40. The van der Waals surface area contributed by atoms with Crippen LogP contribution in [0.3, 0.4) is 0 Å². The van der Waals surface area contributed by atoms with Gasteiger partial charge in [0.15, 0.2) is 0 Å². The summed E-state index contributed by atoms with van der Waals surface area (Å²) in [5, 5.41) is 4.16. The Morgan fingerprint density at radius 3 is 2.40 bits per heavy atom. The average molecular weight is 360 g/mol. The number of nitrogens with zero attached hydrogens (tertiary/aromatic N) is 2. The lowest BCUT2D eigenvalue weighted by molar-refractivity contribution is 0.0600. The zero-order chi connectivity index (χ0) is 18.4. The molecule has 2 aromatic rings. The summed E-state index contributed by atoms with van der Waals surface area (Å²) in [6.45, 7) is 7.63. The van der Waals surface area contributed by atoms with Crippen LogP contribution in [0.1, 0.15) is 10.4 Å². The third-order valence-electron chi connectivity index (χ3n) is 3.72. The van der Waals surface area contributed by atoms with E-state index in [0.717, 1.165) is 11.6 Å². The lowest BCUT2D eigenvalue weighted by Gasteiger charge is -2.15. The minimum atomic E-state index is -1.14. The van der Waals surface area contributed by atoms with Crippen molar-refractivity contribution in [1.82, 2.24) is 9.78 Å². The van der Waals surface area contributed by atoms with E-state index in [-0.39, 0.29) is 12.3 Å². The van der Waals surface area contributed by atoms with Crippen LogP contribution in [0.4, 0.5) is 0 Å². The van der Waals surface area contributed by atoms with Crippen molar-refractivity contribution >= 4 is 14.0 Å². The van der Waals surface area contributed by atoms with Crippen molar-refractivity contribution in [2.24, 2.45) is 0 Å². The Morgan fingerprint density at radius 2 is 1.84 bits per heavy atom. The van der Waals surface area contributed by atoms with Gasteiger partial charge < -0.3 is 9.47 Å². The standard InChI is InChI=1S/C18H24N2O4Si/c1-23-18(22)15-7-5-14(6-8-15)16-11-17(21)20(19-12-16)13-24-9-10-25(2,3)4/h5-8,11-12H,9-10,13H2,1-4H3. The lowest BCUT2D eigenvalue weighted by atomic mass is 10.1. The van der Waals surface area contributed by atoms with E-state index in [2.05, 4.69) is 29.5 Å². The highest BCUT2D eigenvalue weighted by molar-refractivity contribution is 6.76. The third-order valence-corrected chi connectivity index (χ3v) is 5.42. The van der Waals surface area contributed by atoms with Crippen LogP contribution in [-0.2, 0) is 16.2 Å². The summed E-state index contributed by atoms with van der Waals surface area (Å²) < 4.78 is 11.5. The van der Waals surface area contributed by atoms with E-state index < -0.39 is 14.0 Å². The van der Waals surface area contributed by atoms with Crippen LogP contribution in [0.5, 0.6) is 0 Å². The Hall–Kier alpha value is -2.25. The van der Waals surface area contributed by atoms with Gasteiger partial charge in [-0.05, 0) is 23.7 Å². The number of hydrogen-bond acceptors (Lipinski definition) is 5. The molecule has 0 aliphatic rings. The molecule has 2 rings (SSSR count). The van der Waals surface area contributed by atoms with E-state index in [4.69, 9.17) is 4.74 Å². The summed E-state index contributed by atoms with van der Waals surface area (Å²) >= 11 is 0. The van der Waals surface area contributed by atoms with Crippen molar-refractivity contribution in [2.45, 2.75) is 32.4 Å². The average Bonchev–Trinajstić information content (AvgIpc) is 2.58. The normalized spacial score (nSPS) is 11.4. The van der Waals surface area contributed by atoms with Gasteiger partial charge in [-0.3, -0.25) is 4.79 Å². The van der Waals surface area contributed by atoms with E-state index in [1.165, 1.54) is 17.9 Å². The Balaban J connectivity index is 2.04. The van der Waals surface area contributed by atoms with Gasteiger partial charge in [-0.25, -0.2) is 9.48 Å². The second-order valence-electron chi connectivity index (χ2n) is 7.00. The Kier molecular flexibility index (Phi) is 6.27. The van der Waals surface area contributed by atoms with Gasteiger partial charge in [0.2, 0.25) is 0 Å². The molecule has 0 aliphatic carbocycles. The highest BCUT2D eigenvalue weighted by Gasteiger charge is 2.12. The molecule has 7 heteroatoms. The number of carbonyl (C=O) groups is 1. The van der Waals surface area contributed by atoms with Gasteiger partial charge in [-0.2, -0.15) is 5.10 Å². The van der Waals surface area contributed by atoms with Crippen LogP contribution in [-0.4, -0.2) is 37.5 Å². The Bertz CT molecular complexity index is 779. The SMILES string of the molecule is COC(=O)c1ccc(-c2cnn(COCC[Si](C)(C)C)c(=O)c2)cc1. The van der Waals surface area contributed by atoms with Gasteiger partial charge in [0.1, 0.15) is 6.73 Å². The third kappa shape index (κ3) is 5.65. The fourth-order valence-corrected chi connectivity index (χ4v) is 2.89. The van der Waals surface area contributed by atoms with E-state index >= 15 is 0 Å². The maximum Gasteiger partial charge on any atom is 0.337 e. The number of methoxy groups -OCH3 is 1. The highest BCUT2D eigenvalue weighted by Crippen LogP contribution is 2.17. The second kappa shape index (κ2) is 8.22. The number of aromatic nitrogens is 2. The van der Waals surface area contributed by atoms with Crippen molar-refractivity contribution in [3.05, 3.63) is 52.4 Å². The van der Waals surface area contributed by atoms with Crippen molar-refractivity contribution < 1.29 is 14.3 Å². The van der Waals surface area contributed by atoms with Gasteiger partial charge in [0, 0.05) is 26.3 Å². The summed E-state index contributed by atoms with van der Waals surface area (Å²) in [4.78, 5) is 23.6. The van der Waals surface area contributed by atoms with Crippen molar-refractivity contribution in [3.8, 4) is 11.1 Å². The van der Waals surface area contributed by atoms with E-state index in [0.29, 0.717) is 17.7 Å². The van der Waals surface area contributed by atoms with Crippen LogP contribution in [0.2, 0.25) is 25.7 Å². The Morgan fingerprint density at radius 1 is 1.16 bits per heavy atom. The molecule has 0 saturated heterocycles.